The largest absolute Gasteiger partial charge is 0.381 e. The van der Waals surface area contributed by atoms with Gasteiger partial charge in [-0.05, 0) is 30.3 Å². The molecule has 0 bridgehead atoms. The van der Waals surface area contributed by atoms with Crippen LogP contribution in [0.2, 0.25) is 10.0 Å². The zero-order valence-electron chi connectivity index (χ0n) is 9.95. The minimum absolute atomic E-state index is 0.581. The standard InChI is InChI=1S/C14H11Cl2N3/c15-12-2-1-3-13(16)11(12)8-17-10-5-4-9-7-18-19-14(9)6-10/h1-7,17H,8H2,(H,18,19). The summed E-state index contributed by atoms with van der Waals surface area (Å²) in [5.74, 6) is 0. The first-order valence-electron chi connectivity index (χ1n) is 5.84. The van der Waals surface area contributed by atoms with Crippen LogP contribution in [0.25, 0.3) is 10.9 Å². The van der Waals surface area contributed by atoms with Crippen LogP contribution < -0.4 is 5.32 Å². The van der Waals surface area contributed by atoms with Crippen LogP contribution in [0.3, 0.4) is 0 Å². The number of nitrogens with zero attached hydrogens (tertiary/aromatic N) is 1. The van der Waals surface area contributed by atoms with Crippen LogP contribution in [0.1, 0.15) is 5.56 Å². The molecule has 0 radical (unpaired) electrons. The zero-order chi connectivity index (χ0) is 13.2. The first-order chi connectivity index (χ1) is 9.24. The van der Waals surface area contributed by atoms with E-state index in [0.29, 0.717) is 16.6 Å². The summed E-state index contributed by atoms with van der Waals surface area (Å²) in [6.07, 6.45) is 1.80. The highest BCUT2D eigenvalue weighted by Gasteiger charge is 2.05. The monoisotopic (exact) mass is 291 g/mol. The number of fused-ring (bicyclic) bond motifs is 1. The summed E-state index contributed by atoms with van der Waals surface area (Å²) in [6.45, 7) is 0.581. The molecule has 5 heteroatoms. The van der Waals surface area contributed by atoms with Crippen LogP contribution in [-0.2, 0) is 6.54 Å². The van der Waals surface area contributed by atoms with E-state index in [-0.39, 0.29) is 0 Å². The van der Waals surface area contributed by atoms with E-state index in [0.717, 1.165) is 22.2 Å². The lowest BCUT2D eigenvalue weighted by atomic mass is 10.2. The van der Waals surface area contributed by atoms with Crippen molar-refractivity contribution in [2.75, 3.05) is 5.32 Å². The van der Waals surface area contributed by atoms with Gasteiger partial charge in [0.05, 0.1) is 11.7 Å². The number of hydrogen-bond acceptors (Lipinski definition) is 2. The van der Waals surface area contributed by atoms with Gasteiger partial charge in [0.2, 0.25) is 0 Å². The Morgan fingerprint density at radius 3 is 2.68 bits per heavy atom. The Morgan fingerprint density at radius 1 is 1.11 bits per heavy atom. The van der Waals surface area contributed by atoms with Crippen molar-refractivity contribution in [1.82, 2.24) is 10.2 Å². The maximum atomic E-state index is 6.13. The van der Waals surface area contributed by atoms with Crippen molar-refractivity contribution in [2.45, 2.75) is 6.54 Å². The van der Waals surface area contributed by atoms with Gasteiger partial charge in [-0.15, -0.1) is 0 Å². The quantitative estimate of drug-likeness (QED) is 0.747. The molecule has 0 amide bonds. The maximum absolute atomic E-state index is 6.13. The van der Waals surface area contributed by atoms with Crippen molar-refractivity contribution in [3.05, 3.63) is 58.2 Å². The summed E-state index contributed by atoms with van der Waals surface area (Å²) in [7, 11) is 0. The highest BCUT2D eigenvalue weighted by molar-refractivity contribution is 6.36. The summed E-state index contributed by atoms with van der Waals surface area (Å²) in [6, 6.07) is 11.5. The number of benzene rings is 2. The van der Waals surface area contributed by atoms with Crippen LogP contribution in [0.15, 0.2) is 42.6 Å². The Bertz CT molecular complexity index is 701. The number of rotatable bonds is 3. The molecule has 0 atom stereocenters. The first-order valence-corrected chi connectivity index (χ1v) is 6.59. The Morgan fingerprint density at radius 2 is 1.89 bits per heavy atom. The van der Waals surface area contributed by atoms with E-state index < -0.39 is 0 Å². The van der Waals surface area contributed by atoms with Gasteiger partial charge in [0.15, 0.2) is 0 Å². The average Bonchev–Trinajstić information content (AvgIpc) is 2.85. The molecule has 0 spiro atoms. The minimum atomic E-state index is 0.581. The molecular formula is C14H11Cl2N3. The predicted molar refractivity (Wildman–Crippen MR) is 79.9 cm³/mol. The number of halogens is 2. The molecule has 96 valence electrons. The normalized spacial score (nSPS) is 10.8. The number of aromatic nitrogens is 2. The van der Waals surface area contributed by atoms with Gasteiger partial charge in [-0.2, -0.15) is 5.10 Å². The van der Waals surface area contributed by atoms with E-state index in [4.69, 9.17) is 23.2 Å². The van der Waals surface area contributed by atoms with E-state index in [1.165, 1.54) is 0 Å². The Hall–Kier alpha value is -1.71. The summed E-state index contributed by atoms with van der Waals surface area (Å²) in [5, 5.41) is 12.7. The lowest BCUT2D eigenvalue weighted by molar-refractivity contribution is 1.12. The van der Waals surface area contributed by atoms with Gasteiger partial charge < -0.3 is 5.32 Å². The maximum Gasteiger partial charge on any atom is 0.0670 e. The van der Waals surface area contributed by atoms with Gasteiger partial charge in [0.1, 0.15) is 0 Å². The fourth-order valence-electron chi connectivity index (χ4n) is 1.94. The first kappa shape index (κ1) is 12.3. The van der Waals surface area contributed by atoms with Crippen molar-refractivity contribution in [3.63, 3.8) is 0 Å². The van der Waals surface area contributed by atoms with Crippen molar-refractivity contribution >= 4 is 39.8 Å². The van der Waals surface area contributed by atoms with E-state index in [1.807, 2.05) is 36.4 Å². The average molecular weight is 292 g/mol. The zero-order valence-corrected chi connectivity index (χ0v) is 11.5. The number of hydrogen-bond donors (Lipinski definition) is 2. The number of anilines is 1. The Labute approximate surface area is 120 Å². The van der Waals surface area contributed by atoms with Gasteiger partial charge in [0.25, 0.3) is 0 Å². The second-order valence-corrected chi connectivity index (χ2v) is 5.04. The molecular weight excluding hydrogens is 281 g/mol. The van der Waals surface area contributed by atoms with Gasteiger partial charge in [-0.3, -0.25) is 5.10 Å². The molecule has 3 nitrogen and oxygen atoms in total. The molecule has 0 fully saturated rings. The molecule has 19 heavy (non-hydrogen) atoms. The highest BCUT2D eigenvalue weighted by Crippen LogP contribution is 2.25. The van der Waals surface area contributed by atoms with Crippen molar-refractivity contribution in [2.24, 2.45) is 0 Å². The fourth-order valence-corrected chi connectivity index (χ4v) is 2.47. The van der Waals surface area contributed by atoms with Gasteiger partial charge in [-0.1, -0.05) is 29.3 Å². The molecule has 0 saturated carbocycles. The Kier molecular flexibility index (Phi) is 3.32. The third-order valence-corrected chi connectivity index (χ3v) is 3.68. The number of aromatic amines is 1. The molecule has 0 aliphatic carbocycles. The van der Waals surface area contributed by atoms with E-state index >= 15 is 0 Å². The van der Waals surface area contributed by atoms with Crippen molar-refractivity contribution in [3.8, 4) is 0 Å². The second-order valence-electron chi connectivity index (χ2n) is 4.23. The third kappa shape index (κ3) is 2.53. The van der Waals surface area contributed by atoms with Gasteiger partial charge in [0, 0.05) is 33.2 Å². The summed E-state index contributed by atoms with van der Waals surface area (Å²) in [4.78, 5) is 0. The molecule has 0 aliphatic heterocycles. The molecule has 2 aromatic carbocycles. The van der Waals surface area contributed by atoms with Crippen molar-refractivity contribution in [1.29, 1.82) is 0 Å². The van der Waals surface area contributed by atoms with Gasteiger partial charge >= 0.3 is 0 Å². The van der Waals surface area contributed by atoms with Crippen LogP contribution in [0.4, 0.5) is 5.69 Å². The molecule has 1 heterocycles. The second kappa shape index (κ2) is 5.11. The van der Waals surface area contributed by atoms with Gasteiger partial charge in [-0.25, -0.2) is 0 Å². The Balaban J connectivity index is 1.82. The summed E-state index contributed by atoms with van der Waals surface area (Å²) < 4.78 is 0. The van der Waals surface area contributed by atoms with Crippen LogP contribution >= 0.6 is 23.2 Å². The van der Waals surface area contributed by atoms with Crippen molar-refractivity contribution < 1.29 is 0 Å². The van der Waals surface area contributed by atoms with Crippen LogP contribution in [-0.4, -0.2) is 10.2 Å². The number of H-pyrrole nitrogens is 1. The SMILES string of the molecule is Clc1cccc(Cl)c1CNc1ccc2cn[nH]c2c1. The lowest BCUT2D eigenvalue weighted by Gasteiger charge is -2.09. The summed E-state index contributed by atoms with van der Waals surface area (Å²) >= 11 is 12.3. The minimum Gasteiger partial charge on any atom is -0.381 e. The van der Waals surface area contributed by atoms with Crippen LogP contribution in [0.5, 0.6) is 0 Å². The molecule has 3 rings (SSSR count). The molecule has 2 N–H and O–H groups in total. The smallest absolute Gasteiger partial charge is 0.0670 e. The predicted octanol–water partition coefficient (Wildman–Crippen LogP) is 4.48. The number of nitrogens with one attached hydrogen (secondary N) is 2. The molecule has 3 aromatic rings. The lowest BCUT2D eigenvalue weighted by Crippen LogP contribution is -2.00. The molecule has 0 saturated heterocycles. The third-order valence-electron chi connectivity index (χ3n) is 2.97. The van der Waals surface area contributed by atoms with Crippen LogP contribution in [0, 0.1) is 0 Å². The van der Waals surface area contributed by atoms with E-state index in [1.54, 1.807) is 6.20 Å². The fraction of sp³-hybridized carbons (Fsp3) is 0.0714. The summed E-state index contributed by atoms with van der Waals surface area (Å²) in [5.41, 5.74) is 2.89. The topological polar surface area (TPSA) is 40.7 Å². The molecule has 0 aliphatic rings. The van der Waals surface area contributed by atoms with E-state index in [9.17, 15) is 0 Å². The van der Waals surface area contributed by atoms with E-state index in [2.05, 4.69) is 15.5 Å². The molecule has 1 aromatic heterocycles. The highest BCUT2D eigenvalue weighted by atomic mass is 35.5. The molecule has 0 unspecified atom stereocenters.